The molecule has 42 heavy (non-hydrogen) atoms. The van der Waals surface area contributed by atoms with Crippen LogP contribution in [0.25, 0.3) is 66.9 Å². The highest BCUT2D eigenvalue weighted by Crippen LogP contribution is 2.47. The number of nitrogens with zero attached hydrogens (tertiary/aromatic N) is 3. The number of ether oxygens (including phenoxy) is 1. The summed E-state index contributed by atoms with van der Waals surface area (Å²) in [5.41, 5.74) is 11.6. The predicted molar refractivity (Wildman–Crippen MR) is 170 cm³/mol. The van der Waals surface area contributed by atoms with Crippen LogP contribution >= 0.6 is 0 Å². The van der Waals surface area contributed by atoms with E-state index in [0.29, 0.717) is 0 Å². The lowest BCUT2D eigenvalue weighted by Crippen LogP contribution is -2.11. The van der Waals surface area contributed by atoms with Gasteiger partial charge in [-0.2, -0.15) is 0 Å². The van der Waals surface area contributed by atoms with Gasteiger partial charge in [-0.25, -0.2) is 4.98 Å². The second kappa shape index (κ2) is 9.02. The zero-order chi connectivity index (χ0) is 27.6. The molecule has 4 heteroatoms. The molecule has 0 radical (unpaired) electrons. The maximum absolute atomic E-state index is 6.39. The third kappa shape index (κ3) is 3.48. The monoisotopic (exact) mass is 539 g/mol. The molecule has 4 aromatic carbocycles. The Kier molecular flexibility index (Phi) is 4.99. The highest BCUT2D eigenvalue weighted by Gasteiger charge is 2.26. The van der Waals surface area contributed by atoms with E-state index in [1.54, 1.807) is 0 Å². The van der Waals surface area contributed by atoms with E-state index in [4.69, 9.17) is 9.72 Å². The van der Waals surface area contributed by atoms with Crippen LogP contribution in [0.4, 0.5) is 0 Å². The van der Waals surface area contributed by atoms with E-state index in [1.807, 2.05) is 30.6 Å². The summed E-state index contributed by atoms with van der Waals surface area (Å²) in [4.78, 5) is 9.35. The minimum atomic E-state index is 0.886. The first-order chi connectivity index (χ1) is 20.8. The van der Waals surface area contributed by atoms with E-state index < -0.39 is 0 Å². The molecular weight excluding hydrogens is 514 g/mol. The second-order valence-electron chi connectivity index (χ2n) is 11.0. The van der Waals surface area contributed by atoms with Crippen LogP contribution in [0.15, 0.2) is 128 Å². The Balaban J connectivity index is 1.17. The molecule has 0 amide bonds. The number of para-hydroxylation sites is 1. The summed E-state index contributed by atoms with van der Waals surface area (Å²) in [6.07, 6.45) is 8.03. The quantitative estimate of drug-likeness (QED) is 0.225. The molecule has 1 aliphatic heterocycles. The molecule has 7 aromatic rings. The largest absolute Gasteiger partial charge is 0.456 e. The van der Waals surface area contributed by atoms with E-state index in [1.165, 1.54) is 38.6 Å². The predicted octanol–water partition coefficient (Wildman–Crippen LogP) is 9.25. The molecule has 0 fully saturated rings. The molecule has 3 aromatic heterocycles. The fourth-order valence-electron chi connectivity index (χ4n) is 6.61. The van der Waals surface area contributed by atoms with Crippen molar-refractivity contribution in [2.45, 2.75) is 12.8 Å². The number of allylic oxidation sites excluding steroid dienone is 1. The van der Waals surface area contributed by atoms with Crippen LogP contribution in [-0.4, -0.2) is 14.5 Å². The van der Waals surface area contributed by atoms with Crippen LogP contribution in [0.3, 0.4) is 0 Å². The number of benzene rings is 4. The Bertz CT molecular complexity index is 2210. The Hall–Kier alpha value is -5.48. The van der Waals surface area contributed by atoms with Gasteiger partial charge in [-0.1, -0.05) is 54.6 Å². The SMILES string of the molecule is C1=C2Oc3ccc(-c4ccc5c(c4)c4ccccc4n5-c4ccc(-c5ccccn5)cn4)cc3-c3cccc(c32)CC1. The van der Waals surface area contributed by atoms with Crippen molar-refractivity contribution in [3.63, 3.8) is 0 Å². The first-order valence-electron chi connectivity index (χ1n) is 14.4. The lowest BCUT2D eigenvalue weighted by molar-refractivity contribution is 0.505. The van der Waals surface area contributed by atoms with Crippen molar-refractivity contribution in [2.75, 3.05) is 0 Å². The number of pyridine rings is 2. The Morgan fingerprint density at radius 1 is 0.643 bits per heavy atom. The van der Waals surface area contributed by atoms with E-state index >= 15 is 0 Å². The van der Waals surface area contributed by atoms with Crippen LogP contribution in [0, 0.1) is 0 Å². The van der Waals surface area contributed by atoms with Gasteiger partial charge in [0, 0.05) is 39.9 Å². The average molecular weight is 540 g/mol. The van der Waals surface area contributed by atoms with Crippen LogP contribution in [0.5, 0.6) is 5.75 Å². The smallest absolute Gasteiger partial charge is 0.137 e. The summed E-state index contributed by atoms with van der Waals surface area (Å²) >= 11 is 0. The first kappa shape index (κ1) is 23.2. The highest BCUT2D eigenvalue weighted by molar-refractivity contribution is 6.10. The van der Waals surface area contributed by atoms with Gasteiger partial charge < -0.3 is 4.74 Å². The van der Waals surface area contributed by atoms with Crippen molar-refractivity contribution in [3.05, 3.63) is 139 Å². The summed E-state index contributed by atoms with van der Waals surface area (Å²) in [5, 5.41) is 2.41. The zero-order valence-electron chi connectivity index (χ0n) is 22.8. The van der Waals surface area contributed by atoms with Crippen LogP contribution < -0.4 is 4.74 Å². The van der Waals surface area contributed by atoms with Crippen molar-refractivity contribution in [1.29, 1.82) is 0 Å². The maximum Gasteiger partial charge on any atom is 0.137 e. The van der Waals surface area contributed by atoms with Gasteiger partial charge in [0.2, 0.25) is 0 Å². The van der Waals surface area contributed by atoms with Gasteiger partial charge in [-0.05, 0) is 95.8 Å². The fraction of sp³-hybridized carbons (Fsp3) is 0.0526. The molecule has 0 saturated heterocycles. The molecule has 2 aliphatic rings. The normalized spacial score (nSPS) is 13.4. The first-order valence-corrected chi connectivity index (χ1v) is 14.4. The third-order valence-electron chi connectivity index (χ3n) is 8.57. The lowest BCUT2D eigenvalue weighted by Gasteiger charge is -2.28. The Morgan fingerprint density at radius 2 is 1.50 bits per heavy atom. The number of hydrogen-bond acceptors (Lipinski definition) is 3. The van der Waals surface area contributed by atoms with Crippen molar-refractivity contribution in [2.24, 2.45) is 0 Å². The minimum Gasteiger partial charge on any atom is -0.456 e. The molecule has 0 saturated carbocycles. The van der Waals surface area contributed by atoms with Crippen molar-refractivity contribution in [1.82, 2.24) is 14.5 Å². The third-order valence-corrected chi connectivity index (χ3v) is 8.57. The van der Waals surface area contributed by atoms with Gasteiger partial charge >= 0.3 is 0 Å². The highest BCUT2D eigenvalue weighted by atomic mass is 16.5. The van der Waals surface area contributed by atoms with Crippen molar-refractivity contribution in [3.8, 4) is 45.1 Å². The van der Waals surface area contributed by atoms with Crippen molar-refractivity contribution >= 4 is 27.6 Å². The summed E-state index contributed by atoms with van der Waals surface area (Å²) in [5.74, 6) is 2.81. The molecule has 0 unspecified atom stereocenters. The molecule has 1 aliphatic carbocycles. The van der Waals surface area contributed by atoms with Gasteiger partial charge in [0.25, 0.3) is 0 Å². The van der Waals surface area contributed by atoms with E-state index in [-0.39, 0.29) is 0 Å². The van der Waals surface area contributed by atoms with Gasteiger partial charge in [0.05, 0.1) is 16.7 Å². The van der Waals surface area contributed by atoms with E-state index in [9.17, 15) is 0 Å². The Labute approximate surface area is 243 Å². The number of rotatable bonds is 3. The van der Waals surface area contributed by atoms with Crippen LogP contribution in [-0.2, 0) is 6.42 Å². The molecule has 0 spiro atoms. The molecular formula is C38H25N3O. The second-order valence-corrected chi connectivity index (χ2v) is 11.0. The van der Waals surface area contributed by atoms with E-state index in [2.05, 4.69) is 107 Å². The number of aryl methyl sites for hydroxylation is 1. The van der Waals surface area contributed by atoms with Crippen LogP contribution in [0.1, 0.15) is 17.5 Å². The summed E-state index contributed by atoms with van der Waals surface area (Å²) in [7, 11) is 0. The minimum absolute atomic E-state index is 0.886. The topological polar surface area (TPSA) is 39.9 Å². The summed E-state index contributed by atoms with van der Waals surface area (Å²) < 4.78 is 8.65. The zero-order valence-corrected chi connectivity index (χ0v) is 22.8. The lowest BCUT2D eigenvalue weighted by atomic mass is 9.86. The molecule has 0 atom stereocenters. The molecule has 4 heterocycles. The number of aromatic nitrogens is 3. The molecule has 9 rings (SSSR count). The molecule has 0 N–H and O–H groups in total. The van der Waals surface area contributed by atoms with Gasteiger partial charge in [-0.3, -0.25) is 9.55 Å². The fourth-order valence-corrected chi connectivity index (χ4v) is 6.61. The Morgan fingerprint density at radius 3 is 2.40 bits per heavy atom. The molecule has 0 bridgehead atoms. The average Bonchev–Trinajstić information content (AvgIpc) is 3.39. The van der Waals surface area contributed by atoms with Gasteiger partial charge in [0.15, 0.2) is 0 Å². The maximum atomic E-state index is 6.39. The molecule has 4 nitrogen and oxygen atoms in total. The van der Waals surface area contributed by atoms with E-state index in [0.717, 1.165) is 58.0 Å². The molecule has 198 valence electrons. The van der Waals surface area contributed by atoms with Crippen LogP contribution in [0.2, 0.25) is 0 Å². The summed E-state index contributed by atoms with van der Waals surface area (Å²) in [6.45, 7) is 0. The number of hydrogen-bond donors (Lipinski definition) is 0. The van der Waals surface area contributed by atoms with Gasteiger partial charge in [0.1, 0.15) is 17.3 Å². The number of fused-ring (bicyclic) bond motifs is 5. The van der Waals surface area contributed by atoms with Crippen molar-refractivity contribution < 1.29 is 4.74 Å². The standard InChI is InChI=1S/C38H25N3O/c1-2-12-33-28(9-1)30-21-25(14-17-34(30)41(33)37-19-16-27(23-40-37)32-11-3-4-20-39-32)26-15-18-35-31(22-26)29-10-5-7-24-8-6-13-36(42-35)38(24)29/h1-5,7,9-23H,6,8H2. The summed E-state index contributed by atoms with van der Waals surface area (Å²) in [6, 6.07) is 38.7. The van der Waals surface area contributed by atoms with Gasteiger partial charge in [-0.15, -0.1) is 0 Å².